The topological polar surface area (TPSA) is 0 Å². The van der Waals surface area contributed by atoms with Crippen LogP contribution in [0.2, 0.25) is 0 Å². The van der Waals surface area contributed by atoms with Crippen LogP contribution in [0.4, 0.5) is 4.39 Å². The Morgan fingerprint density at radius 2 is 2.23 bits per heavy atom. The summed E-state index contributed by atoms with van der Waals surface area (Å²) in [6, 6.07) is 5.07. The van der Waals surface area contributed by atoms with E-state index in [-0.39, 0.29) is 5.82 Å². The predicted molar refractivity (Wildman–Crippen MR) is 57.2 cm³/mol. The highest BCUT2D eigenvalue weighted by Crippen LogP contribution is 2.21. The minimum atomic E-state index is -0.126. The summed E-state index contributed by atoms with van der Waals surface area (Å²) in [7, 11) is 0. The molecule has 0 aliphatic heterocycles. The first kappa shape index (κ1) is 10.5. The standard InChI is InChI=1S/C11H12BrF/c1-2-3-4-6-9-10(12)7-5-8-11(9)13/h2,5,7-8H,1,3-4,6H2. The number of unbranched alkanes of at least 4 members (excludes halogenated alkanes) is 1. The zero-order valence-electron chi connectivity index (χ0n) is 7.39. The Balaban J connectivity index is 2.69. The van der Waals surface area contributed by atoms with Crippen LogP contribution in [0.25, 0.3) is 0 Å². The Bertz CT molecular complexity index is 274. The van der Waals surface area contributed by atoms with Crippen molar-refractivity contribution in [1.29, 1.82) is 0 Å². The van der Waals surface area contributed by atoms with Crippen molar-refractivity contribution in [3.05, 3.63) is 46.7 Å². The third-order valence-electron chi connectivity index (χ3n) is 1.90. The second-order valence-electron chi connectivity index (χ2n) is 2.88. The molecule has 1 aromatic carbocycles. The minimum absolute atomic E-state index is 0.126. The van der Waals surface area contributed by atoms with Gasteiger partial charge in [-0.05, 0) is 31.4 Å². The first-order chi connectivity index (χ1) is 6.25. The monoisotopic (exact) mass is 242 g/mol. The van der Waals surface area contributed by atoms with E-state index in [1.165, 1.54) is 6.07 Å². The van der Waals surface area contributed by atoms with Crippen molar-refractivity contribution in [2.24, 2.45) is 0 Å². The van der Waals surface area contributed by atoms with Gasteiger partial charge in [0.2, 0.25) is 0 Å². The lowest BCUT2D eigenvalue weighted by Crippen LogP contribution is -1.91. The molecule has 0 aliphatic carbocycles. The van der Waals surface area contributed by atoms with Gasteiger partial charge in [-0.3, -0.25) is 0 Å². The summed E-state index contributed by atoms with van der Waals surface area (Å²) in [5.41, 5.74) is 0.768. The lowest BCUT2D eigenvalue weighted by molar-refractivity contribution is 0.603. The van der Waals surface area contributed by atoms with Gasteiger partial charge in [0.05, 0.1) is 0 Å². The molecular weight excluding hydrogens is 231 g/mol. The van der Waals surface area contributed by atoms with Crippen LogP contribution in [0.1, 0.15) is 18.4 Å². The molecule has 13 heavy (non-hydrogen) atoms. The largest absolute Gasteiger partial charge is 0.207 e. The van der Waals surface area contributed by atoms with Gasteiger partial charge in [0, 0.05) is 10.0 Å². The molecule has 0 atom stereocenters. The second kappa shape index (κ2) is 5.18. The van der Waals surface area contributed by atoms with Gasteiger partial charge in [0.25, 0.3) is 0 Å². The number of hydrogen-bond acceptors (Lipinski definition) is 0. The van der Waals surface area contributed by atoms with Crippen molar-refractivity contribution in [3.63, 3.8) is 0 Å². The SMILES string of the molecule is C=CCCCc1c(F)cccc1Br. The molecule has 0 radical (unpaired) electrons. The smallest absolute Gasteiger partial charge is 0.127 e. The van der Waals surface area contributed by atoms with E-state index in [2.05, 4.69) is 22.5 Å². The summed E-state index contributed by atoms with van der Waals surface area (Å²) in [4.78, 5) is 0. The van der Waals surface area contributed by atoms with E-state index >= 15 is 0 Å². The Morgan fingerprint density at radius 1 is 1.46 bits per heavy atom. The molecule has 70 valence electrons. The van der Waals surface area contributed by atoms with Crippen LogP contribution in [-0.4, -0.2) is 0 Å². The quantitative estimate of drug-likeness (QED) is 0.551. The van der Waals surface area contributed by atoms with Crippen LogP contribution >= 0.6 is 15.9 Å². The summed E-state index contributed by atoms with van der Waals surface area (Å²) in [5, 5.41) is 0. The highest BCUT2D eigenvalue weighted by molar-refractivity contribution is 9.10. The summed E-state index contributed by atoms with van der Waals surface area (Å²) < 4.78 is 14.1. The fraction of sp³-hybridized carbons (Fsp3) is 0.273. The molecule has 0 N–H and O–H groups in total. The molecule has 0 spiro atoms. The molecule has 1 rings (SSSR count). The molecule has 0 aliphatic rings. The average molecular weight is 243 g/mol. The number of hydrogen-bond donors (Lipinski definition) is 0. The zero-order chi connectivity index (χ0) is 9.68. The summed E-state index contributed by atoms with van der Waals surface area (Å²) >= 11 is 3.33. The molecule has 2 heteroatoms. The third-order valence-corrected chi connectivity index (χ3v) is 2.64. The van der Waals surface area contributed by atoms with Crippen LogP contribution in [0.15, 0.2) is 35.3 Å². The van der Waals surface area contributed by atoms with Crippen LogP contribution in [0.3, 0.4) is 0 Å². The first-order valence-corrected chi connectivity index (χ1v) is 5.09. The zero-order valence-corrected chi connectivity index (χ0v) is 8.98. The predicted octanol–water partition coefficient (Wildman–Crippen LogP) is 4.10. The molecular formula is C11H12BrF. The lowest BCUT2D eigenvalue weighted by atomic mass is 10.1. The Hall–Kier alpha value is -0.630. The Labute approximate surface area is 86.6 Å². The highest BCUT2D eigenvalue weighted by Gasteiger charge is 2.04. The summed E-state index contributed by atoms with van der Waals surface area (Å²) in [6.07, 6.45) is 4.50. The van der Waals surface area contributed by atoms with Crippen molar-refractivity contribution >= 4 is 15.9 Å². The fourth-order valence-corrected chi connectivity index (χ4v) is 1.73. The third kappa shape index (κ3) is 2.96. The van der Waals surface area contributed by atoms with Crippen LogP contribution in [0.5, 0.6) is 0 Å². The number of allylic oxidation sites excluding steroid dienone is 1. The maximum Gasteiger partial charge on any atom is 0.127 e. The van der Waals surface area contributed by atoms with E-state index in [1.54, 1.807) is 6.07 Å². The summed E-state index contributed by atoms with van der Waals surface area (Å²) in [5.74, 6) is -0.126. The van der Waals surface area contributed by atoms with Gasteiger partial charge in [-0.1, -0.05) is 28.1 Å². The van der Waals surface area contributed by atoms with E-state index in [9.17, 15) is 4.39 Å². The van der Waals surface area contributed by atoms with Gasteiger partial charge in [0.1, 0.15) is 5.82 Å². The molecule has 0 heterocycles. The van der Waals surface area contributed by atoms with Crippen molar-refractivity contribution in [1.82, 2.24) is 0 Å². The van der Waals surface area contributed by atoms with E-state index in [4.69, 9.17) is 0 Å². The van der Waals surface area contributed by atoms with Crippen LogP contribution in [-0.2, 0) is 6.42 Å². The van der Waals surface area contributed by atoms with Crippen molar-refractivity contribution in [3.8, 4) is 0 Å². The normalized spacial score (nSPS) is 10.0. The van der Waals surface area contributed by atoms with E-state index in [0.717, 1.165) is 29.3 Å². The molecule has 0 saturated heterocycles. The molecule has 0 saturated carbocycles. The molecule has 0 fully saturated rings. The molecule has 0 bridgehead atoms. The van der Waals surface area contributed by atoms with Gasteiger partial charge in [0.15, 0.2) is 0 Å². The minimum Gasteiger partial charge on any atom is -0.207 e. The van der Waals surface area contributed by atoms with Gasteiger partial charge in [-0.25, -0.2) is 4.39 Å². The molecule has 0 unspecified atom stereocenters. The van der Waals surface area contributed by atoms with Crippen LogP contribution < -0.4 is 0 Å². The molecule has 0 amide bonds. The van der Waals surface area contributed by atoms with E-state index in [0.29, 0.717) is 0 Å². The lowest BCUT2D eigenvalue weighted by Gasteiger charge is -2.04. The number of benzene rings is 1. The highest BCUT2D eigenvalue weighted by atomic mass is 79.9. The number of halogens is 2. The maximum absolute atomic E-state index is 13.2. The van der Waals surface area contributed by atoms with Gasteiger partial charge in [-0.2, -0.15) is 0 Å². The fourth-order valence-electron chi connectivity index (χ4n) is 1.19. The second-order valence-corrected chi connectivity index (χ2v) is 3.74. The molecule has 0 nitrogen and oxygen atoms in total. The van der Waals surface area contributed by atoms with E-state index < -0.39 is 0 Å². The average Bonchev–Trinajstić information content (AvgIpc) is 2.10. The van der Waals surface area contributed by atoms with Gasteiger partial charge in [-0.15, -0.1) is 6.58 Å². The van der Waals surface area contributed by atoms with Crippen LogP contribution in [0, 0.1) is 5.82 Å². The van der Waals surface area contributed by atoms with Gasteiger partial charge >= 0.3 is 0 Å². The van der Waals surface area contributed by atoms with E-state index in [1.807, 2.05) is 12.1 Å². The van der Waals surface area contributed by atoms with Gasteiger partial charge < -0.3 is 0 Å². The maximum atomic E-state index is 13.2. The van der Waals surface area contributed by atoms with Crippen molar-refractivity contribution in [2.45, 2.75) is 19.3 Å². The summed E-state index contributed by atoms with van der Waals surface area (Å²) in [6.45, 7) is 3.63. The molecule has 1 aromatic rings. The first-order valence-electron chi connectivity index (χ1n) is 4.29. The Kier molecular flexibility index (Phi) is 4.16. The Morgan fingerprint density at radius 3 is 2.85 bits per heavy atom. The molecule has 0 aromatic heterocycles. The van der Waals surface area contributed by atoms with Crippen molar-refractivity contribution in [2.75, 3.05) is 0 Å². The number of rotatable bonds is 4. The van der Waals surface area contributed by atoms with Crippen molar-refractivity contribution < 1.29 is 4.39 Å².